The zero-order chi connectivity index (χ0) is 7.98. The molecular formula is C7H14N2O. The highest BCUT2D eigenvalue weighted by molar-refractivity contribution is 5.91. The van der Waals surface area contributed by atoms with Gasteiger partial charge in [0.1, 0.15) is 0 Å². The third kappa shape index (κ3) is 4.09. The quantitative estimate of drug-likeness (QED) is 0.429. The fraction of sp³-hybridized carbons (Fsp3) is 0.571. The highest BCUT2D eigenvalue weighted by atomic mass is 16.1. The number of carbonyl (C=O) groups is 1. The van der Waals surface area contributed by atoms with Crippen molar-refractivity contribution in [1.82, 2.24) is 5.32 Å². The van der Waals surface area contributed by atoms with Crippen LogP contribution in [0.1, 0.15) is 13.3 Å². The van der Waals surface area contributed by atoms with Gasteiger partial charge in [0.05, 0.1) is 0 Å². The van der Waals surface area contributed by atoms with Crippen LogP contribution < -0.4 is 11.1 Å². The van der Waals surface area contributed by atoms with Crippen LogP contribution in [0, 0.1) is 0 Å². The lowest BCUT2D eigenvalue weighted by atomic mass is 10.2. The Hall–Kier alpha value is -0.830. The molecule has 0 aromatic rings. The molecule has 0 aliphatic carbocycles. The van der Waals surface area contributed by atoms with Crippen LogP contribution in [0.25, 0.3) is 0 Å². The molecular weight excluding hydrogens is 128 g/mol. The van der Waals surface area contributed by atoms with Crippen LogP contribution in [0.15, 0.2) is 11.6 Å². The molecule has 0 rings (SSSR count). The van der Waals surface area contributed by atoms with Gasteiger partial charge in [0.15, 0.2) is 0 Å². The Bertz CT molecular complexity index is 141. The topological polar surface area (TPSA) is 55.1 Å². The van der Waals surface area contributed by atoms with Gasteiger partial charge in [0.25, 0.3) is 0 Å². The maximum Gasteiger partial charge on any atom is 0.244 e. The van der Waals surface area contributed by atoms with Crippen LogP contribution in [-0.2, 0) is 4.79 Å². The van der Waals surface area contributed by atoms with Crippen LogP contribution in [-0.4, -0.2) is 19.5 Å². The van der Waals surface area contributed by atoms with Crippen LogP contribution >= 0.6 is 0 Å². The molecule has 0 heterocycles. The lowest BCUT2D eigenvalue weighted by molar-refractivity contribution is -0.114. The summed E-state index contributed by atoms with van der Waals surface area (Å²) in [5, 5.41) is 2.97. The molecule has 3 nitrogen and oxygen atoms in total. The Morgan fingerprint density at radius 3 is 2.70 bits per heavy atom. The van der Waals surface area contributed by atoms with Gasteiger partial charge in [-0.05, 0) is 26.9 Å². The summed E-state index contributed by atoms with van der Waals surface area (Å²) in [6.07, 6.45) is 2.68. The zero-order valence-corrected chi connectivity index (χ0v) is 6.48. The van der Waals surface area contributed by atoms with Crippen molar-refractivity contribution in [2.75, 3.05) is 13.6 Å². The number of nitrogens with two attached hydrogens (primary N) is 1. The monoisotopic (exact) mass is 142 g/mol. The minimum atomic E-state index is -0.337. The lowest BCUT2D eigenvalue weighted by Crippen LogP contribution is -2.12. The van der Waals surface area contributed by atoms with Gasteiger partial charge in [0, 0.05) is 5.57 Å². The largest absolute Gasteiger partial charge is 0.366 e. The highest BCUT2D eigenvalue weighted by Gasteiger charge is 1.93. The van der Waals surface area contributed by atoms with E-state index in [1.54, 1.807) is 6.92 Å². The second-order valence-electron chi connectivity index (χ2n) is 2.14. The SMILES string of the molecule is CNCCC=C(C)C(N)=O. The van der Waals surface area contributed by atoms with Gasteiger partial charge >= 0.3 is 0 Å². The van der Waals surface area contributed by atoms with E-state index in [0.29, 0.717) is 5.57 Å². The van der Waals surface area contributed by atoms with Crippen molar-refractivity contribution in [2.45, 2.75) is 13.3 Å². The molecule has 0 fully saturated rings. The molecule has 0 aromatic heterocycles. The van der Waals surface area contributed by atoms with E-state index in [1.807, 2.05) is 13.1 Å². The molecule has 0 bridgehead atoms. The first-order valence-corrected chi connectivity index (χ1v) is 3.29. The van der Waals surface area contributed by atoms with Crippen LogP contribution in [0.4, 0.5) is 0 Å². The number of nitrogens with one attached hydrogen (secondary N) is 1. The van der Waals surface area contributed by atoms with Gasteiger partial charge in [-0.15, -0.1) is 0 Å². The van der Waals surface area contributed by atoms with Gasteiger partial charge in [-0.3, -0.25) is 4.79 Å². The van der Waals surface area contributed by atoms with Crippen molar-refractivity contribution < 1.29 is 4.79 Å². The van der Waals surface area contributed by atoms with E-state index in [9.17, 15) is 4.79 Å². The highest BCUT2D eigenvalue weighted by Crippen LogP contribution is 1.91. The van der Waals surface area contributed by atoms with Crippen LogP contribution in [0.2, 0.25) is 0 Å². The minimum Gasteiger partial charge on any atom is -0.366 e. The average Bonchev–Trinajstić information content (AvgIpc) is 1.88. The van der Waals surface area contributed by atoms with E-state index in [2.05, 4.69) is 5.32 Å². The standard InChI is InChI=1S/C7H14N2O/c1-6(7(8)10)4-3-5-9-2/h4,9H,3,5H2,1-2H3,(H2,8,10). The molecule has 0 saturated carbocycles. The van der Waals surface area contributed by atoms with E-state index < -0.39 is 0 Å². The predicted octanol–water partition coefficient (Wildman–Crippen LogP) is 0.0275. The Kier molecular flexibility index (Phi) is 4.58. The average molecular weight is 142 g/mol. The van der Waals surface area contributed by atoms with Gasteiger partial charge < -0.3 is 11.1 Å². The summed E-state index contributed by atoms with van der Waals surface area (Å²) in [5.41, 5.74) is 5.63. The Labute approximate surface area is 61.3 Å². The first-order valence-electron chi connectivity index (χ1n) is 3.29. The number of primary amides is 1. The molecule has 0 unspecified atom stereocenters. The maximum atomic E-state index is 10.4. The fourth-order valence-corrected chi connectivity index (χ4v) is 0.534. The second-order valence-corrected chi connectivity index (χ2v) is 2.14. The summed E-state index contributed by atoms with van der Waals surface area (Å²) >= 11 is 0. The normalized spacial score (nSPS) is 11.6. The van der Waals surface area contributed by atoms with E-state index >= 15 is 0 Å². The first kappa shape index (κ1) is 9.17. The minimum absolute atomic E-state index is 0.337. The summed E-state index contributed by atoms with van der Waals surface area (Å²) < 4.78 is 0. The first-order chi connectivity index (χ1) is 4.68. The third-order valence-corrected chi connectivity index (χ3v) is 1.23. The van der Waals surface area contributed by atoms with Crippen molar-refractivity contribution >= 4 is 5.91 Å². The summed E-state index contributed by atoms with van der Waals surface area (Å²) in [5.74, 6) is -0.337. The fourth-order valence-electron chi connectivity index (χ4n) is 0.534. The van der Waals surface area contributed by atoms with Crippen molar-refractivity contribution in [2.24, 2.45) is 5.73 Å². The molecule has 1 amide bonds. The smallest absolute Gasteiger partial charge is 0.244 e. The van der Waals surface area contributed by atoms with E-state index in [4.69, 9.17) is 5.73 Å². The summed E-state index contributed by atoms with van der Waals surface area (Å²) in [6.45, 7) is 2.60. The molecule has 0 radical (unpaired) electrons. The molecule has 58 valence electrons. The Balaban J connectivity index is 3.58. The van der Waals surface area contributed by atoms with Gasteiger partial charge in [-0.2, -0.15) is 0 Å². The Morgan fingerprint density at radius 1 is 1.70 bits per heavy atom. The molecule has 3 N–H and O–H groups in total. The summed E-state index contributed by atoms with van der Waals surface area (Å²) in [4.78, 5) is 10.4. The van der Waals surface area contributed by atoms with Crippen molar-refractivity contribution in [3.63, 3.8) is 0 Å². The molecule has 0 aliphatic heterocycles. The second kappa shape index (κ2) is 4.99. The predicted molar refractivity (Wildman–Crippen MR) is 41.5 cm³/mol. The van der Waals surface area contributed by atoms with E-state index in [1.165, 1.54) is 0 Å². The molecule has 10 heavy (non-hydrogen) atoms. The Morgan fingerprint density at radius 2 is 2.30 bits per heavy atom. The van der Waals surface area contributed by atoms with Crippen molar-refractivity contribution in [3.8, 4) is 0 Å². The summed E-state index contributed by atoms with van der Waals surface area (Å²) in [6, 6.07) is 0. The van der Waals surface area contributed by atoms with Gasteiger partial charge in [-0.25, -0.2) is 0 Å². The maximum absolute atomic E-state index is 10.4. The summed E-state index contributed by atoms with van der Waals surface area (Å²) in [7, 11) is 1.87. The number of carbonyl (C=O) groups excluding carboxylic acids is 1. The molecule has 0 spiro atoms. The molecule has 0 atom stereocenters. The lowest BCUT2D eigenvalue weighted by Gasteiger charge is -1.94. The number of hydrogen-bond acceptors (Lipinski definition) is 2. The molecule has 0 saturated heterocycles. The number of hydrogen-bond donors (Lipinski definition) is 2. The van der Waals surface area contributed by atoms with Crippen molar-refractivity contribution in [3.05, 3.63) is 11.6 Å². The third-order valence-electron chi connectivity index (χ3n) is 1.23. The van der Waals surface area contributed by atoms with Crippen molar-refractivity contribution in [1.29, 1.82) is 0 Å². The van der Waals surface area contributed by atoms with Gasteiger partial charge in [0.2, 0.25) is 5.91 Å². The van der Waals surface area contributed by atoms with E-state index in [0.717, 1.165) is 13.0 Å². The van der Waals surface area contributed by atoms with Crippen LogP contribution in [0.5, 0.6) is 0 Å². The van der Waals surface area contributed by atoms with Gasteiger partial charge in [-0.1, -0.05) is 6.08 Å². The number of amides is 1. The molecule has 0 aliphatic rings. The molecule has 0 aromatic carbocycles. The zero-order valence-electron chi connectivity index (χ0n) is 6.48. The van der Waals surface area contributed by atoms with Crippen LogP contribution in [0.3, 0.4) is 0 Å². The van der Waals surface area contributed by atoms with E-state index in [-0.39, 0.29) is 5.91 Å². The molecule has 3 heteroatoms. The number of rotatable bonds is 4.